The summed E-state index contributed by atoms with van der Waals surface area (Å²) in [5.41, 5.74) is 1.06. The molecule has 12 heteroatoms. The van der Waals surface area contributed by atoms with E-state index in [1.807, 2.05) is 0 Å². The SMILES string of the molecule is CC(C)(C)OC(=O)N1CCN(c2ccc3c(c2)OCC[C@H]2[C@H](CN4C(=O)c5ccccc5C4=O)OC(=O)N32)C(=O)C1. The van der Waals surface area contributed by atoms with Gasteiger partial charge in [0.2, 0.25) is 5.91 Å². The van der Waals surface area contributed by atoms with Gasteiger partial charge in [-0.1, -0.05) is 12.1 Å². The molecule has 2 atom stereocenters. The van der Waals surface area contributed by atoms with Gasteiger partial charge in [0.05, 0.1) is 36.0 Å². The fourth-order valence-electron chi connectivity index (χ4n) is 5.61. The molecule has 2 saturated heterocycles. The Labute approximate surface area is 236 Å². The first kappa shape index (κ1) is 26.6. The highest BCUT2D eigenvalue weighted by Crippen LogP contribution is 2.41. The molecular weight excluding hydrogens is 532 g/mol. The normalized spacial score (nSPS) is 22.1. The van der Waals surface area contributed by atoms with Gasteiger partial charge in [0, 0.05) is 31.3 Å². The van der Waals surface area contributed by atoms with Gasteiger partial charge in [0.25, 0.3) is 11.8 Å². The van der Waals surface area contributed by atoms with E-state index in [4.69, 9.17) is 14.2 Å². The lowest BCUT2D eigenvalue weighted by Crippen LogP contribution is -2.53. The first-order chi connectivity index (χ1) is 19.5. The van der Waals surface area contributed by atoms with Crippen molar-refractivity contribution in [2.75, 3.05) is 42.6 Å². The summed E-state index contributed by atoms with van der Waals surface area (Å²) in [6.45, 7) is 5.96. The zero-order valence-electron chi connectivity index (χ0n) is 23.0. The molecule has 4 aliphatic rings. The highest BCUT2D eigenvalue weighted by Gasteiger charge is 2.48. The summed E-state index contributed by atoms with van der Waals surface area (Å²) >= 11 is 0. The Morgan fingerprint density at radius 2 is 1.71 bits per heavy atom. The van der Waals surface area contributed by atoms with Gasteiger partial charge < -0.3 is 19.1 Å². The van der Waals surface area contributed by atoms with Crippen molar-refractivity contribution < 1.29 is 38.2 Å². The van der Waals surface area contributed by atoms with Crippen molar-refractivity contribution in [1.82, 2.24) is 9.80 Å². The molecule has 5 amide bonds. The lowest BCUT2D eigenvalue weighted by molar-refractivity contribution is -0.121. The first-order valence-electron chi connectivity index (χ1n) is 13.5. The van der Waals surface area contributed by atoms with Crippen LogP contribution in [0.15, 0.2) is 42.5 Å². The van der Waals surface area contributed by atoms with Gasteiger partial charge in [0.15, 0.2) is 0 Å². The van der Waals surface area contributed by atoms with Crippen molar-refractivity contribution in [2.45, 2.75) is 44.9 Å². The number of ether oxygens (including phenoxy) is 3. The van der Waals surface area contributed by atoms with Gasteiger partial charge in [-0.15, -0.1) is 0 Å². The van der Waals surface area contributed by atoms with E-state index in [1.54, 1.807) is 68.1 Å². The smallest absolute Gasteiger partial charge is 0.415 e. The second-order valence-electron chi connectivity index (χ2n) is 11.4. The van der Waals surface area contributed by atoms with E-state index in [2.05, 4.69) is 0 Å². The molecule has 2 aromatic rings. The molecule has 12 nitrogen and oxygen atoms in total. The highest BCUT2D eigenvalue weighted by molar-refractivity contribution is 6.21. The van der Waals surface area contributed by atoms with Crippen LogP contribution in [-0.2, 0) is 14.3 Å². The molecule has 0 unspecified atom stereocenters. The molecule has 0 aliphatic carbocycles. The summed E-state index contributed by atoms with van der Waals surface area (Å²) < 4.78 is 17.1. The molecule has 214 valence electrons. The number of imide groups is 1. The van der Waals surface area contributed by atoms with Crippen LogP contribution in [0, 0.1) is 0 Å². The number of cyclic esters (lactones) is 1. The Morgan fingerprint density at radius 1 is 1.00 bits per heavy atom. The van der Waals surface area contributed by atoms with Gasteiger partial charge in [0.1, 0.15) is 24.0 Å². The molecule has 0 N–H and O–H groups in total. The largest absolute Gasteiger partial charge is 0.491 e. The zero-order chi connectivity index (χ0) is 29.1. The summed E-state index contributed by atoms with van der Waals surface area (Å²) in [6, 6.07) is 11.3. The van der Waals surface area contributed by atoms with Crippen LogP contribution in [-0.4, -0.2) is 90.2 Å². The van der Waals surface area contributed by atoms with E-state index < -0.39 is 41.7 Å². The van der Waals surface area contributed by atoms with Crippen LogP contribution in [0.5, 0.6) is 5.75 Å². The van der Waals surface area contributed by atoms with Gasteiger partial charge in [-0.3, -0.25) is 29.1 Å². The van der Waals surface area contributed by atoms with E-state index in [1.165, 1.54) is 9.80 Å². The van der Waals surface area contributed by atoms with Crippen molar-refractivity contribution in [3.8, 4) is 5.75 Å². The van der Waals surface area contributed by atoms with Crippen LogP contribution in [0.25, 0.3) is 0 Å². The summed E-state index contributed by atoms with van der Waals surface area (Å²) in [7, 11) is 0. The number of anilines is 2. The number of carbonyl (C=O) groups is 5. The Balaban J connectivity index is 1.18. The van der Waals surface area contributed by atoms with Crippen LogP contribution in [0.3, 0.4) is 0 Å². The summed E-state index contributed by atoms with van der Waals surface area (Å²) in [5.74, 6) is -0.682. The number of nitrogens with zero attached hydrogens (tertiary/aromatic N) is 4. The number of fused-ring (bicyclic) bond motifs is 4. The maximum atomic E-state index is 13.1. The Bertz CT molecular complexity index is 1430. The van der Waals surface area contributed by atoms with Crippen LogP contribution in [0.2, 0.25) is 0 Å². The minimum absolute atomic E-state index is 0.0664. The predicted octanol–water partition coefficient (Wildman–Crippen LogP) is 3.04. The van der Waals surface area contributed by atoms with Gasteiger partial charge in [-0.2, -0.15) is 0 Å². The fraction of sp³-hybridized carbons (Fsp3) is 0.414. The molecule has 0 radical (unpaired) electrons. The summed E-state index contributed by atoms with van der Waals surface area (Å²) in [5, 5.41) is 0. The number of carbonyl (C=O) groups excluding carboxylic acids is 5. The van der Waals surface area contributed by atoms with Gasteiger partial charge in [-0.05, 0) is 45.0 Å². The Kier molecular flexibility index (Phi) is 6.35. The summed E-state index contributed by atoms with van der Waals surface area (Å²) in [4.78, 5) is 69.9. The topological polar surface area (TPSA) is 126 Å². The minimum atomic E-state index is -0.735. The standard InChI is InChI=1S/C29H30N4O8/c1-29(2,3)41-27(37)30-11-12-31(24(34)16-30)17-8-9-20-22(14-17)39-13-10-21-23(40-28(38)33(20)21)15-32-25(35)18-6-4-5-7-19(18)26(32)36/h4-9,14,21,23H,10-13,15-16H2,1-3H3/t21-,23-/m0/s1. The zero-order valence-corrected chi connectivity index (χ0v) is 23.0. The minimum Gasteiger partial charge on any atom is -0.491 e. The molecule has 0 saturated carbocycles. The fourth-order valence-corrected chi connectivity index (χ4v) is 5.61. The van der Waals surface area contributed by atoms with Crippen LogP contribution in [0.1, 0.15) is 47.9 Å². The maximum Gasteiger partial charge on any atom is 0.415 e. The number of amides is 5. The number of rotatable bonds is 3. The summed E-state index contributed by atoms with van der Waals surface area (Å²) in [6.07, 6.45) is -1.46. The van der Waals surface area contributed by atoms with Crippen LogP contribution >= 0.6 is 0 Å². The molecule has 2 aromatic carbocycles. The molecule has 41 heavy (non-hydrogen) atoms. The molecule has 4 aliphatic heterocycles. The Hall–Kier alpha value is -4.61. The lowest BCUT2D eigenvalue weighted by Gasteiger charge is -2.35. The molecule has 0 spiro atoms. The van der Waals surface area contributed by atoms with Crippen LogP contribution < -0.4 is 14.5 Å². The number of hydrogen-bond donors (Lipinski definition) is 0. The maximum absolute atomic E-state index is 13.1. The van der Waals surface area contributed by atoms with Gasteiger partial charge >= 0.3 is 12.2 Å². The van der Waals surface area contributed by atoms with E-state index in [0.717, 1.165) is 4.90 Å². The second kappa shape index (κ2) is 9.79. The molecule has 6 rings (SSSR count). The molecule has 2 fully saturated rings. The molecular formula is C29H30N4O8. The van der Waals surface area contributed by atoms with Crippen molar-refractivity contribution in [3.63, 3.8) is 0 Å². The average molecular weight is 563 g/mol. The molecule has 4 heterocycles. The van der Waals surface area contributed by atoms with E-state index in [-0.39, 0.29) is 32.1 Å². The Morgan fingerprint density at radius 3 is 2.37 bits per heavy atom. The first-order valence-corrected chi connectivity index (χ1v) is 13.5. The quantitative estimate of drug-likeness (QED) is 0.523. The monoisotopic (exact) mass is 562 g/mol. The number of benzene rings is 2. The van der Waals surface area contributed by atoms with Crippen molar-refractivity contribution in [1.29, 1.82) is 0 Å². The van der Waals surface area contributed by atoms with E-state index >= 15 is 0 Å². The van der Waals surface area contributed by atoms with Crippen molar-refractivity contribution in [2.24, 2.45) is 0 Å². The van der Waals surface area contributed by atoms with Gasteiger partial charge in [-0.25, -0.2) is 9.59 Å². The average Bonchev–Trinajstić information content (AvgIpc) is 3.25. The third kappa shape index (κ3) is 4.72. The molecule has 0 aromatic heterocycles. The lowest BCUT2D eigenvalue weighted by atomic mass is 10.1. The third-order valence-corrected chi connectivity index (χ3v) is 7.51. The number of piperazine rings is 1. The predicted molar refractivity (Wildman–Crippen MR) is 145 cm³/mol. The third-order valence-electron chi connectivity index (χ3n) is 7.51. The van der Waals surface area contributed by atoms with E-state index in [9.17, 15) is 24.0 Å². The molecule has 0 bridgehead atoms. The van der Waals surface area contributed by atoms with Crippen molar-refractivity contribution >= 4 is 41.3 Å². The van der Waals surface area contributed by atoms with Crippen LogP contribution in [0.4, 0.5) is 21.0 Å². The second-order valence-corrected chi connectivity index (χ2v) is 11.4. The number of hydrogen-bond acceptors (Lipinski definition) is 8. The van der Waals surface area contributed by atoms with E-state index in [0.29, 0.717) is 41.2 Å². The highest BCUT2D eigenvalue weighted by atomic mass is 16.6. The van der Waals surface area contributed by atoms with Crippen molar-refractivity contribution in [3.05, 3.63) is 53.6 Å².